The van der Waals surface area contributed by atoms with E-state index in [0.717, 1.165) is 30.6 Å². The van der Waals surface area contributed by atoms with E-state index in [9.17, 15) is 9.59 Å². The summed E-state index contributed by atoms with van der Waals surface area (Å²) in [5.41, 5.74) is 2.97. The van der Waals surface area contributed by atoms with E-state index in [2.05, 4.69) is 10.6 Å². The Morgan fingerprint density at radius 3 is 2.72 bits per heavy atom. The predicted molar refractivity (Wildman–Crippen MR) is 112 cm³/mol. The summed E-state index contributed by atoms with van der Waals surface area (Å²) in [7, 11) is 0. The van der Waals surface area contributed by atoms with Crippen molar-refractivity contribution in [2.75, 3.05) is 18.5 Å². The summed E-state index contributed by atoms with van der Waals surface area (Å²) in [5, 5.41) is 5.71. The summed E-state index contributed by atoms with van der Waals surface area (Å²) in [5.74, 6) is 0.125. The molecule has 154 valence electrons. The Hall–Kier alpha value is -2.86. The van der Waals surface area contributed by atoms with E-state index >= 15 is 0 Å². The number of hydrogen-bond acceptors (Lipinski definition) is 4. The minimum Gasteiger partial charge on any atom is -0.481 e. The molecule has 2 aromatic rings. The average Bonchev–Trinajstić information content (AvgIpc) is 3.23. The van der Waals surface area contributed by atoms with Gasteiger partial charge >= 0.3 is 0 Å². The van der Waals surface area contributed by atoms with Gasteiger partial charge in [0.1, 0.15) is 5.75 Å². The lowest BCUT2D eigenvalue weighted by atomic mass is 10.1. The summed E-state index contributed by atoms with van der Waals surface area (Å²) in [6.45, 7) is 6.86. The summed E-state index contributed by atoms with van der Waals surface area (Å²) in [6, 6.07) is 12.7. The molecule has 2 atom stereocenters. The molecule has 1 aliphatic heterocycles. The van der Waals surface area contributed by atoms with Crippen molar-refractivity contribution in [2.45, 2.75) is 45.8 Å². The fraction of sp³-hybridized carbons (Fsp3) is 0.391. The van der Waals surface area contributed by atoms with Crippen LogP contribution in [0.2, 0.25) is 0 Å². The first-order valence-corrected chi connectivity index (χ1v) is 9.98. The molecule has 6 nitrogen and oxygen atoms in total. The lowest BCUT2D eigenvalue weighted by Crippen LogP contribution is -2.34. The predicted octanol–water partition coefficient (Wildman–Crippen LogP) is 3.62. The number of para-hydroxylation sites is 1. The van der Waals surface area contributed by atoms with E-state index in [1.807, 2.05) is 32.0 Å². The lowest BCUT2D eigenvalue weighted by molar-refractivity contribution is -0.122. The third-order valence-electron chi connectivity index (χ3n) is 5.17. The number of anilines is 1. The van der Waals surface area contributed by atoms with Crippen molar-refractivity contribution in [2.24, 2.45) is 0 Å². The van der Waals surface area contributed by atoms with Crippen LogP contribution in [-0.4, -0.2) is 37.2 Å². The summed E-state index contributed by atoms with van der Waals surface area (Å²) >= 11 is 0. The van der Waals surface area contributed by atoms with Crippen LogP contribution < -0.4 is 15.4 Å². The Morgan fingerprint density at radius 2 is 1.97 bits per heavy atom. The molecule has 2 aromatic carbocycles. The van der Waals surface area contributed by atoms with Crippen molar-refractivity contribution in [1.82, 2.24) is 5.32 Å². The molecule has 0 aliphatic carbocycles. The van der Waals surface area contributed by atoms with Gasteiger partial charge in [-0.15, -0.1) is 0 Å². The molecule has 0 bridgehead atoms. The molecule has 0 saturated carbocycles. The van der Waals surface area contributed by atoms with Crippen LogP contribution in [0.5, 0.6) is 5.75 Å². The molecule has 1 aliphatic rings. The Morgan fingerprint density at radius 1 is 1.17 bits per heavy atom. The number of carbonyl (C=O) groups is 2. The molecule has 29 heavy (non-hydrogen) atoms. The number of benzene rings is 2. The maximum atomic E-state index is 12.7. The highest BCUT2D eigenvalue weighted by Crippen LogP contribution is 2.22. The van der Waals surface area contributed by atoms with Gasteiger partial charge in [0.15, 0.2) is 6.10 Å². The maximum Gasteiger partial charge on any atom is 0.265 e. The van der Waals surface area contributed by atoms with Gasteiger partial charge in [-0.25, -0.2) is 0 Å². The van der Waals surface area contributed by atoms with Gasteiger partial charge < -0.3 is 20.1 Å². The zero-order valence-electron chi connectivity index (χ0n) is 17.2. The van der Waals surface area contributed by atoms with Gasteiger partial charge in [-0.05, 0) is 62.9 Å². The Labute approximate surface area is 171 Å². The largest absolute Gasteiger partial charge is 0.481 e. The van der Waals surface area contributed by atoms with Crippen molar-refractivity contribution in [1.29, 1.82) is 0 Å². The van der Waals surface area contributed by atoms with Crippen LogP contribution in [0, 0.1) is 13.8 Å². The zero-order chi connectivity index (χ0) is 20.8. The van der Waals surface area contributed by atoms with Crippen molar-refractivity contribution in [3.8, 4) is 5.75 Å². The Balaban J connectivity index is 1.63. The van der Waals surface area contributed by atoms with Crippen molar-refractivity contribution in [3.63, 3.8) is 0 Å². The van der Waals surface area contributed by atoms with Gasteiger partial charge in [0, 0.05) is 13.2 Å². The molecule has 1 heterocycles. The topological polar surface area (TPSA) is 76.7 Å². The standard InChI is InChI=1S/C23H28N2O4/c1-15-8-6-12-21(16(15)2)29-17(3)22(26)25-20-11-5-4-10-19(20)23(27)24-14-18-9-7-13-28-18/h4-6,8,10-12,17-18H,7,9,13-14H2,1-3H3,(H,24,27)(H,25,26)/t17-,18+/m0/s1. The summed E-state index contributed by atoms with van der Waals surface area (Å²) in [6.07, 6.45) is 1.32. The van der Waals surface area contributed by atoms with E-state index < -0.39 is 6.10 Å². The van der Waals surface area contributed by atoms with Crippen LogP contribution in [0.4, 0.5) is 5.69 Å². The van der Waals surface area contributed by atoms with Crippen molar-refractivity contribution in [3.05, 3.63) is 59.2 Å². The first kappa shape index (κ1) is 20.9. The molecule has 0 spiro atoms. The minimum absolute atomic E-state index is 0.0618. The molecular formula is C23H28N2O4. The molecule has 3 rings (SSSR count). The number of hydrogen-bond donors (Lipinski definition) is 2. The third-order valence-corrected chi connectivity index (χ3v) is 5.17. The minimum atomic E-state index is -0.710. The number of carbonyl (C=O) groups excluding carboxylic acids is 2. The molecule has 0 unspecified atom stereocenters. The normalized spacial score (nSPS) is 16.9. The molecule has 2 amide bonds. The quantitative estimate of drug-likeness (QED) is 0.749. The zero-order valence-corrected chi connectivity index (χ0v) is 17.2. The highest BCUT2D eigenvalue weighted by Gasteiger charge is 2.21. The molecule has 1 fully saturated rings. The average molecular weight is 396 g/mol. The van der Waals surface area contributed by atoms with Gasteiger partial charge in [-0.1, -0.05) is 24.3 Å². The van der Waals surface area contributed by atoms with Crippen LogP contribution in [0.15, 0.2) is 42.5 Å². The first-order chi connectivity index (χ1) is 14.0. The number of ether oxygens (including phenoxy) is 2. The van der Waals surface area contributed by atoms with Crippen LogP contribution in [0.25, 0.3) is 0 Å². The second-order valence-electron chi connectivity index (χ2n) is 7.34. The second kappa shape index (κ2) is 9.56. The van der Waals surface area contributed by atoms with E-state index in [4.69, 9.17) is 9.47 Å². The van der Waals surface area contributed by atoms with E-state index in [0.29, 0.717) is 23.5 Å². The third kappa shape index (κ3) is 5.35. The van der Waals surface area contributed by atoms with Gasteiger partial charge in [-0.3, -0.25) is 9.59 Å². The smallest absolute Gasteiger partial charge is 0.265 e. The molecule has 0 radical (unpaired) electrons. The monoisotopic (exact) mass is 396 g/mol. The van der Waals surface area contributed by atoms with Crippen LogP contribution in [-0.2, 0) is 9.53 Å². The summed E-state index contributed by atoms with van der Waals surface area (Å²) < 4.78 is 11.4. The number of rotatable bonds is 7. The van der Waals surface area contributed by atoms with Gasteiger partial charge in [0.25, 0.3) is 11.8 Å². The van der Waals surface area contributed by atoms with Crippen LogP contribution in [0.1, 0.15) is 41.3 Å². The van der Waals surface area contributed by atoms with Gasteiger partial charge in [0.05, 0.1) is 17.4 Å². The van der Waals surface area contributed by atoms with E-state index in [1.54, 1.807) is 31.2 Å². The van der Waals surface area contributed by atoms with Crippen molar-refractivity contribution >= 4 is 17.5 Å². The first-order valence-electron chi connectivity index (χ1n) is 9.98. The van der Waals surface area contributed by atoms with Crippen LogP contribution >= 0.6 is 0 Å². The number of aryl methyl sites for hydroxylation is 1. The van der Waals surface area contributed by atoms with E-state index in [-0.39, 0.29) is 17.9 Å². The molecule has 2 N–H and O–H groups in total. The van der Waals surface area contributed by atoms with Crippen LogP contribution in [0.3, 0.4) is 0 Å². The second-order valence-corrected chi connectivity index (χ2v) is 7.34. The lowest BCUT2D eigenvalue weighted by Gasteiger charge is -2.18. The molecular weight excluding hydrogens is 368 g/mol. The number of nitrogens with one attached hydrogen (secondary N) is 2. The molecule has 0 aromatic heterocycles. The highest BCUT2D eigenvalue weighted by molar-refractivity contribution is 6.04. The van der Waals surface area contributed by atoms with Gasteiger partial charge in [-0.2, -0.15) is 0 Å². The van der Waals surface area contributed by atoms with E-state index in [1.165, 1.54) is 0 Å². The molecule has 6 heteroatoms. The molecule has 1 saturated heterocycles. The van der Waals surface area contributed by atoms with Crippen molar-refractivity contribution < 1.29 is 19.1 Å². The number of amides is 2. The highest BCUT2D eigenvalue weighted by atomic mass is 16.5. The Bertz CT molecular complexity index is 875. The summed E-state index contributed by atoms with van der Waals surface area (Å²) in [4.78, 5) is 25.3. The van der Waals surface area contributed by atoms with Gasteiger partial charge in [0.2, 0.25) is 0 Å². The fourth-order valence-electron chi connectivity index (χ4n) is 3.23. The fourth-order valence-corrected chi connectivity index (χ4v) is 3.23. The maximum absolute atomic E-state index is 12.7. The Kier molecular flexibility index (Phi) is 6.88. The SMILES string of the molecule is Cc1cccc(O[C@@H](C)C(=O)Nc2ccccc2C(=O)NC[C@H]2CCCO2)c1C.